The number of halogens is 1. The van der Waals surface area contributed by atoms with E-state index in [1.165, 1.54) is 7.11 Å². The second kappa shape index (κ2) is 6.26. The lowest BCUT2D eigenvalue weighted by molar-refractivity contribution is -0.387. The number of benzene rings is 1. The Labute approximate surface area is 121 Å². The van der Waals surface area contributed by atoms with E-state index in [1.54, 1.807) is 0 Å². The Hall–Kier alpha value is -2.56. The topological polar surface area (TPSA) is 113 Å². The zero-order valence-corrected chi connectivity index (χ0v) is 11.4. The standard InChI is InChI=1S/C10H8FN5O4S/c1-20-9(17)5-15-10(12-13-14-15)21-8-4-6(11)2-3-7(8)16(18)19/h2-4H,5H2,1H3. The van der Waals surface area contributed by atoms with Gasteiger partial charge in [-0.3, -0.25) is 14.9 Å². The van der Waals surface area contributed by atoms with Gasteiger partial charge >= 0.3 is 5.97 Å². The number of esters is 1. The summed E-state index contributed by atoms with van der Waals surface area (Å²) in [5.74, 6) is -1.21. The third-order valence-corrected chi connectivity index (χ3v) is 3.35. The van der Waals surface area contributed by atoms with Crippen LogP contribution in [0, 0.1) is 15.9 Å². The van der Waals surface area contributed by atoms with Crippen molar-refractivity contribution in [1.29, 1.82) is 0 Å². The molecule has 0 spiro atoms. The van der Waals surface area contributed by atoms with Gasteiger partial charge in [0.25, 0.3) is 5.69 Å². The number of carbonyl (C=O) groups excluding carboxylic acids is 1. The summed E-state index contributed by atoms with van der Waals surface area (Å²) in [6.07, 6.45) is 0. The van der Waals surface area contributed by atoms with Crippen molar-refractivity contribution in [2.24, 2.45) is 0 Å². The van der Waals surface area contributed by atoms with Crippen LogP contribution in [0.3, 0.4) is 0 Å². The Morgan fingerprint density at radius 2 is 2.33 bits per heavy atom. The van der Waals surface area contributed by atoms with Crippen LogP contribution in [0.2, 0.25) is 0 Å². The van der Waals surface area contributed by atoms with Crippen molar-refractivity contribution in [2.75, 3.05) is 7.11 Å². The van der Waals surface area contributed by atoms with Gasteiger partial charge in [-0.25, -0.2) is 9.07 Å². The summed E-state index contributed by atoms with van der Waals surface area (Å²) in [5, 5.41) is 21.6. The van der Waals surface area contributed by atoms with Crippen molar-refractivity contribution in [3.8, 4) is 0 Å². The van der Waals surface area contributed by atoms with Gasteiger partial charge in [0.15, 0.2) is 0 Å². The van der Waals surface area contributed by atoms with E-state index in [2.05, 4.69) is 20.3 Å². The summed E-state index contributed by atoms with van der Waals surface area (Å²) in [6, 6.07) is 3.03. The third kappa shape index (κ3) is 3.51. The number of hydrogen-bond donors (Lipinski definition) is 0. The summed E-state index contributed by atoms with van der Waals surface area (Å²) in [7, 11) is 1.21. The number of aromatic nitrogens is 4. The van der Waals surface area contributed by atoms with Gasteiger partial charge in [-0.05, 0) is 34.3 Å². The summed E-state index contributed by atoms with van der Waals surface area (Å²) >= 11 is 0.780. The highest BCUT2D eigenvalue weighted by Gasteiger charge is 2.19. The van der Waals surface area contributed by atoms with Gasteiger partial charge in [0.1, 0.15) is 12.4 Å². The van der Waals surface area contributed by atoms with Crippen molar-refractivity contribution < 1.29 is 18.8 Å². The average Bonchev–Trinajstić information content (AvgIpc) is 2.85. The Kier molecular flexibility index (Phi) is 4.42. The molecule has 0 aliphatic carbocycles. The van der Waals surface area contributed by atoms with Gasteiger partial charge in [-0.15, -0.1) is 5.10 Å². The van der Waals surface area contributed by atoms with Crippen LogP contribution in [0.4, 0.5) is 10.1 Å². The average molecular weight is 313 g/mol. The van der Waals surface area contributed by atoms with Gasteiger partial charge in [0.2, 0.25) is 5.16 Å². The molecule has 0 saturated heterocycles. The Balaban J connectivity index is 2.30. The number of rotatable bonds is 5. The molecule has 0 fully saturated rings. The fraction of sp³-hybridized carbons (Fsp3) is 0.200. The third-order valence-electron chi connectivity index (χ3n) is 2.33. The summed E-state index contributed by atoms with van der Waals surface area (Å²) in [4.78, 5) is 21.5. The van der Waals surface area contributed by atoms with E-state index in [4.69, 9.17) is 0 Å². The molecular formula is C10H8FN5O4S. The Morgan fingerprint density at radius 3 is 3.00 bits per heavy atom. The largest absolute Gasteiger partial charge is 0.468 e. The second-order valence-corrected chi connectivity index (χ2v) is 4.68. The molecule has 2 aromatic rings. The highest BCUT2D eigenvalue weighted by molar-refractivity contribution is 7.99. The molecule has 11 heteroatoms. The maximum Gasteiger partial charge on any atom is 0.327 e. The van der Waals surface area contributed by atoms with Crippen LogP contribution in [-0.4, -0.2) is 38.2 Å². The molecule has 0 aliphatic rings. The highest BCUT2D eigenvalue weighted by Crippen LogP contribution is 2.33. The lowest BCUT2D eigenvalue weighted by Gasteiger charge is -2.04. The Bertz CT molecular complexity index is 692. The lowest BCUT2D eigenvalue weighted by atomic mass is 10.3. The van der Waals surface area contributed by atoms with Gasteiger partial charge in [0, 0.05) is 6.07 Å². The van der Waals surface area contributed by atoms with Crippen LogP contribution in [-0.2, 0) is 16.1 Å². The van der Waals surface area contributed by atoms with Gasteiger partial charge in [-0.1, -0.05) is 0 Å². The van der Waals surface area contributed by atoms with E-state index in [1.807, 2.05) is 0 Å². The van der Waals surface area contributed by atoms with E-state index >= 15 is 0 Å². The molecule has 0 aliphatic heterocycles. The molecule has 0 atom stereocenters. The normalized spacial score (nSPS) is 10.4. The minimum atomic E-state index is -0.643. The van der Waals surface area contributed by atoms with E-state index in [0.717, 1.165) is 34.6 Å². The molecule has 0 unspecified atom stereocenters. The minimum Gasteiger partial charge on any atom is -0.468 e. The van der Waals surface area contributed by atoms with Crippen molar-refractivity contribution >= 4 is 23.4 Å². The molecule has 0 amide bonds. The molecule has 0 saturated carbocycles. The minimum absolute atomic E-state index is 0.0286. The molecule has 0 bridgehead atoms. The zero-order valence-electron chi connectivity index (χ0n) is 10.6. The van der Waals surface area contributed by atoms with Gasteiger partial charge in [0.05, 0.1) is 16.9 Å². The molecule has 110 valence electrons. The summed E-state index contributed by atoms with van der Waals surface area (Å²) in [6.45, 7) is -0.255. The van der Waals surface area contributed by atoms with Crippen LogP contribution in [0.15, 0.2) is 28.3 Å². The second-order valence-electron chi connectivity index (χ2n) is 3.67. The van der Waals surface area contributed by atoms with Crippen LogP contribution in [0.1, 0.15) is 0 Å². The first-order valence-electron chi connectivity index (χ1n) is 5.46. The maximum atomic E-state index is 13.2. The first-order chi connectivity index (χ1) is 10.0. The fourth-order valence-corrected chi connectivity index (χ4v) is 2.27. The van der Waals surface area contributed by atoms with E-state index in [9.17, 15) is 19.3 Å². The predicted octanol–water partition coefficient (Wildman–Crippen LogP) is 1.04. The van der Waals surface area contributed by atoms with Crippen LogP contribution < -0.4 is 0 Å². The fourth-order valence-electron chi connectivity index (χ4n) is 1.37. The molecule has 21 heavy (non-hydrogen) atoms. The molecular weight excluding hydrogens is 305 g/mol. The number of nitrogens with zero attached hydrogens (tertiary/aromatic N) is 5. The van der Waals surface area contributed by atoms with Crippen LogP contribution >= 0.6 is 11.8 Å². The zero-order chi connectivity index (χ0) is 15.4. The van der Waals surface area contributed by atoms with E-state index < -0.39 is 16.7 Å². The molecule has 2 rings (SSSR count). The molecule has 9 nitrogen and oxygen atoms in total. The molecule has 1 aromatic heterocycles. The lowest BCUT2D eigenvalue weighted by Crippen LogP contribution is -2.13. The first-order valence-corrected chi connectivity index (χ1v) is 6.27. The van der Waals surface area contributed by atoms with E-state index in [-0.39, 0.29) is 22.3 Å². The number of hydrogen-bond acceptors (Lipinski definition) is 8. The van der Waals surface area contributed by atoms with Crippen molar-refractivity contribution in [3.05, 3.63) is 34.1 Å². The number of tetrazole rings is 1. The van der Waals surface area contributed by atoms with Gasteiger partial charge in [-0.2, -0.15) is 0 Å². The summed E-state index contributed by atoms with van der Waals surface area (Å²) < 4.78 is 18.8. The van der Waals surface area contributed by atoms with Crippen LogP contribution in [0.5, 0.6) is 0 Å². The van der Waals surface area contributed by atoms with Crippen molar-refractivity contribution in [2.45, 2.75) is 16.6 Å². The van der Waals surface area contributed by atoms with Crippen molar-refractivity contribution in [1.82, 2.24) is 20.2 Å². The van der Waals surface area contributed by atoms with Crippen LogP contribution in [0.25, 0.3) is 0 Å². The molecule has 1 heterocycles. The highest BCUT2D eigenvalue weighted by atomic mass is 32.2. The number of nitro benzene ring substituents is 1. The van der Waals surface area contributed by atoms with E-state index in [0.29, 0.717) is 0 Å². The monoisotopic (exact) mass is 313 g/mol. The number of nitro groups is 1. The quantitative estimate of drug-likeness (QED) is 0.457. The predicted molar refractivity (Wildman–Crippen MR) is 67.0 cm³/mol. The SMILES string of the molecule is COC(=O)Cn1nnnc1Sc1cc(F)ccc1[N+](=O)[O-]. The van der Waals surface area contributed by atoms with Gasteiger partial charge < -0.3 is 4.74 Å². The number of carbonyl (C=O) groups is 1. The molecule has 1 aromatic carbocycles. The first kappa shape index (κ1) is 14.8. The molecule has 0 radical (unpaired) electrons. The maximum absolute atomic E-state index is 13.2. The summed E-state index contributed by atoms with van der Waals surface area (Å²) in [5.41, 5.74) is -0.283. The Morgan fingerprint density at radius 1 is 1.57 bits per heavy atom. The number of ether oxygens (including phenoxy) is 1. The molecule has 0 N–H and O–H groups in total. The smallest absolute Gasteiger partial charge is 0.327 e. The van der Waals surface area contributed by atoms with Crippen molar-refractivity contribution in [3.63, 3.8) is 0 Å². The number of methoxy groups -OCH3 is 1.